The number of carbonyl (C=O) groups is 3. The number of carboxylic acid groups (broad SMARTS) is 1. The maximum atomic E-state index is 13.1. The number of hydrogen-bond donors (Lipinski definition) is 2. The number of para-hydroxylation sites is 2. The predicted molar refractivity (Wildman–Crippen MR) is 93.5 cm³/mol. The van der Waals surface area contributed by atoms with Crippen LogP contribution in [0, 0.1) is 0 Å². The van der Waals surface area contributed by atoms with Gasteiger partial charge in [0.25, 0.3) is 5.91 Å². The van der Waals surface area contributed by atoms with E-state index in [0.29, 0.717) is 18.5 Å². The molecule has 2 N–H and O–H groups in total. The van der Waals surface area contributed by atoms with Gasteiger partial charge in [-0.3, -0.25) is 24.2 Å². The highest BCUT2D eigenvalue weighted by Gasteiger charge is 2.52. The van der Waals surface area contributed by atoms with E-state index in [2.05, 4.69) is 5.32 Å². The highest BCUT2D eigenvalue weighted by atomic mass is 16.4. The van der Waals surface area contributed by atoms with Crippen LogP contribution in [0.5, 0.6) is 0 Å². The molecule has 1 aliphatic heterocycles. The van der Waals surface area contributed by atoms with Gasteiger partial charge in [-0.15, -0.1) is 0 Å². The zero-order chi connectivity index (χ0) is 18.0. The second-order valence-electron chi connectivity index (χ2n) is 6.82. The van der Waals surface area contributed by atoms with Crippen LogP contribution in [0.4, 0.5) is 11.4 Å². The Morgan fingerprint density at radius 2 is 1.96 bits per heavy atom. The fourth-order valence-corrected chi connectivity index (χ4v) is 3.80. The molecule has 7 heteroatoms. The van der Waals surface area contributed by atoms with Gasteiger partial charge < -0.3 is 10.4 Å². The van der Waals surface area contributed by atoms with Crippen molar-refractivity contribution in [3.8, 4) is 0 Å². The van der Waals surface area contributed by atoms with Gasteiger partial charge in [0.05, 0.1) is 24.3 Å². The number of carboxylic acids is 1. The van der Waals surface area contributed by atoms with Crippen LogP contribution in [0.3, 0.4) is 0 Å². The van der Waals surface area contributed by atoms with Crippen molar-refractivity contribution in [2.24, 2.45) is 0 Å². The van der Waals surface area contributed by atoms with Crippen molar-refractivity contribution in [3.63, 3.8) is 0 Å². The number of amides is 2. The molecule has 0 saturated heterocycles. The van der Waals surface area contributed by atoms with Crippen LogP contribution in [0.1, 0.15) is 32.1 Å². The second-order valence-corrected chi connectivity index (χ2v) is 6.82. The number of rotatable bonds is 5. The molecule has 0 bridgehead atoms. The van der Waals surface area contributed by atoms with Crippen LogP contribution in [-0.4, -0.2) is 53.5 Å². The van der Waals surface area contributed by atoms with Crippen molar-refractivity contribution in [1.29, 1.82) is 0 Å². The van der Waals surface area contributed by atoms with Gasteiger partial charge in [0.15, 0.2) is 0 Å². The monoisotopic (exact) mass is 345 g/mol. The molecular weight excluding hydrogens is 322 g/mol. The molecule has 0 atom stereocenters. The van der Waals surface area contributed by atoms with Crippen LogP contribution >= 0.6 is 0 Å². The number of hydrogen-bond acceptors (Lipinski definition) is 4. The van der Waals surface area contributed by atoms with Gasteiger partial charge >= 0.3 is 5.97 Å². The zero-order valence-corrected chi connectivity index (χ0v) is 14.3. The molecule has 2 amide bonds. The van der Waals surface area contributed by atoms with Gasteiger partial charge in [-0.05, 0) is 32.0 Å². The van der Waals surface area contributed by atoms with E-state index >= 15 is 0 Å². The summed E-state index contributed by atoms with van der Waals surface area (Å²) in [5.41, 5.74) is 0.547. The van der Waals surface area contributed by atoms with Crippen LogP contribution in [-0.2, 0) is 14.4 Å². The lowest BCUT2D eigenvalue weighted by molar-refractivity contribution is -0.137. The zero-order valence-electron chi connectivity index (χ0n) is 14.3. The first-order valence-corrected chi connectivity index (χ1v) is 8.58. The minimum absolute atomic E-state index is 0.0218. The molecule has 0 unspecified atom stereocenters. The Morgan fingerprint density at radius 1 is 1.28 bits per heavy atom. The molecule has 0 radical (unpaired) electrons. The lowest BCUT2D eigenvalue weighted by Crippen LogP contribution is -2.62. The number of anilines is 2. The molecule has 1 fully saturated rings. The Bertz CT molecular complexity index is 697. The van der Waals surface area contributed by atoms with Crippen LogP contribution < -0.4 is 10.2 Å². The lowest BCUT2D eigenvalue weighted by atomic mass is 9.89. The van der Waals surface area contributed by atoms with E-state index in [9.17, 15) is 14.4 Å². The molecule has 1 aromatic rings. The molecule has 0 aromatic heterocycles. The Balaban J connectivity index is 1.88. The third-order valence-electron chi connectivity index (χ3n) is 5.04. The molecule has 134 valence electrons. The summed E-state index contributed by atoms with van der Waals surface area (Å²) in [5.74, 6) is -1.18. The van der Waals surface area contributed by atoms with E-state index in [-0.39, 0.29) is 31.3 Å². The largest absolute Gasteiger partial charge is 0.481 e. The van der Waals surface area contributed by atoms with Crippen molar-refractivity contribution >= 4 is 29.2 Å². The topological polar surface area (TPSA) is 90.0 Å². The summed E-state index contributed by atoms with van der Waals surface area (Å²) in [6, 6.07) is 7.33. The number of nitrogens with one attached hydrogen (secondary N) is 1. The van der Waals surface area contributed by atoms with E-state index in [1.54, 1.807) is 22.9 Å². The van der Waals surface area contributed by atoms with E-state index < -0.39 is 11.5 Å². The van der Waals surface area contributed by atoms with Crippen molar-refractivity contribution in [3.05, 3.63) is 24.3 Å². The number of fused-ring (bicyclic) bond motifs is 1. The Hall–Kier alpha value is -2.41. The van der Waals surface area contributed by atoms with Gasteiger partial charge in [-0.2, -0.15) is 0 Å². The minimum Gasteiger partial charge on any atom is -0.481 e. The van der Waals surface area contributed by atoms with Crippen molar-refractivity contribution in [2.45, 2.75) is 37.6 Å². The average molecular weight is 345 g/mol. The number of nitrogens with zero attached hydrogens (tertiary/aromatic N) is 2. The lowest BCUT2D eigenvalue weighted by Gasteiger charge is -2.44. The van der Waals surface area contributed by atoms with Crippen molar-refractivity contribution in [1.82, 2.24) is 4.90 Å². The average Bonchev–Trinajstić information content (AvgIpc) is 3.04. The number of aliphatic carboxylic acids is 1. The van der Waals surface area contributed by atoms with Gasteiger partial charge in [0.1, 0.15) is 5.54 Å². The summed E-state index contributed by atoms with van der Waals surface area (Å²) in [6.07, 6.45) is 3.10. The third-order valence-corrected chi connectivity index (χ3v) is 5.04. The maximum Gasteiger partial charge on any atom is 0.304 e. The summed E-state index contributed by atoms with van der Waals surface area (Å²) in [5, 5.41) is 11.7. The SMILES string of the molecule is CN(CCC(=O)O)CC(=O)N1c2ccccc2NC(=O)C12CCCC2. The minimum atomic E-state index is -0.894. The van der Waals surface area contributed by atoms with Crippen LogP contribution in [0.15, 0.2) is 24.3 Å². The van der Waals surface area contributed by atoms with Crippen molar-refractivity contribution < 1.29 is 19.5 Å². The molecule has 3 rings (SSSR count). The highest BCUT2D eigenvalue weighted by molar-refractivity contribution is 6.15. The first kappa shape index (κ1) is 17.4. The van der Waals surface area contributed by atoms with Gasteiger partial charge in [-0.1, -0.05) is 25.0 Å². The highest BCUT2D eigenvalue weighted by Crippen LogP contribution is 2.45. The molecule has 2 aliphatic rings. The normalized spacial score (nSPS) is 18.3. The molecule has 25 heavy (non-hydrogen) atoms. The number of carbonyl (C=O) groups excluding carboxylic acids is 2. The maximum absolute atomic E-state index is 13.1. The van der Waals surface area contributed by atoms with Crippen molar-refractivity contribution in [2.75, 3.05) is 30.4 Å². The van der Waals surface area contributed by atoms with E-state index in [4.69, 9.17) is 5.11 Å². The van der Waals surface area contributed by atoms with E-state index in [0.717, 1.165) is 18.5 Å². The first-order valence-electron chi connectivity index (χ1n) is 8.58. The second kappa shape index (κ2) is 6.84. The Kier molecular flexibility index (Phi) is 4.76. The molecular formula is C18H23N3O4. The predicted octanol–water partition coefficient (Wildman–Crippen LogP) is 1.69. The summed E-state index contributed by atoms with van der Waals surface area (Å²) in [4.78, 5) is 40.0. The third kappa shape index (κ3) is 3.24. The van der Waals surface area contributed by atoms with Gasteiger partial charge in [0, 0.05) is 6.54 Å². The Labute approximate surface area is 146 Å². The fourth-order valence-electron chi connectivity index (χ4n) is 3.80. The summed E-state index contributed by atoms with van der Waals surface area (Å²) in [7, 11) is 1.72. The van der Waals surface area contributed by atoms with Gasteiger partial charge in [0.2, 0.25) is 5.91 Å². The van der Waals surface area contributed by atoms with Crippen LogP contribution in [0.25, 0.3) is 0 Å². The number of likely N-dealkylation sites (N-methyl/N-ethyl adjacent to an activating group) is 1. The standard InChI is InChI=1S/C18H23N3O4/c1-20(11-8-16(23)24)12-15(22)21-14-7-3-2-6-13(14)19-17(25)18(21)9-4-5-10-18/h2-3,6-7H,4-5,8-12H2,1H3,(H,19,25)(H,23,24). The van der Waals surface area contributed by atoms with E-state index in [1.807, 2.05) is 18.2 Å². The molecule has 1 aromatic carbocycles. The molecule has 1 spiro atoms. The molecule has 1 aliphatic carbocycles. The van der Waals surface area contributed by atoms with E-state index in [1.165, 1.54) is 0 Å². The summed E-state index contributed by atoms with van der Waals surface area (Å²) < 4.78 is 0. The smallest absolute Gasteiger partial charge is 0.304 e. The molecule has 1 saturated carbocycles. The molecule has 1 heterocycles. The summed E-state index contributed by atoms with van der Waals surface area (Å²) >= 11 is 0. The number of benzene rings is 1. The van der Waals surface area contributed by atoms with Crippen LogP contribution in [0.2, 0.25) is 0 Å². The van der Waals surface area contributed by atoms with Gasteiger partial charge in [-0.25, -0.2) is 0 Å². The fraction of sp³-hybridized carbons (Fsp3) is 0.500. The quantitative estimate of drug-likeness (QED) is 0.848. The molecule has 7 nitrogen and oxygen atoms in total. The summed E-state index contributed by atoms with van der Waals surface area (Å²) in [6.45, 7) is 0.367. The first-order chi connectivity index (χ1) is 11.9. The Morgan fingerprint density at radius 3 is 2.64 bits per heavy atom.